The molecular formula is C16H17ClN2O4S. The lowest BCUT2D eigenvalue weighted by Crippen LogP contribution is -2.55. The molecule has 128 valence electrons. The summed E-state index contributed by atoms with van der Waals surface area (Å²) in [5.41, 5.74) is 0.0133. The van der Waals surface area contributed by atoms with Gasteiger partial charge in [-0.15, -0.1) is 11.3 Å². The highest BCUT2D eigenvalue weighted by atomic mass is 35.5. The molecule has 24 heavy (non-hydrogen) atoms. The molecule has 2 rings (SSSR count). The number of nitrogens with zero attached hydrogens (tertiary/aromatic N) is 1. The third-order valence-electron chi connectivity index (χ3n) is 3.30. The predicted molar refractivity (Wildman–Crippen MR) is 92.3 cm³/mol. The average molecular weight is 369 g/mol. The van der Waals surface area contributed by atoms with Crippen LogP contribution in [0.4, 0.5) is 0 Å². The van der Waals surface area contributed by atoms with Crippen molar-refractivity contribution in [3.63, 3.8) is 0 Å². The van der Waals surface area contributed by atoms with E-state index in [0.717, 1.165) is 10.6 Å². The van der Waals surface area contributed by atoms with Crippen molar-refractivity contribution in [2.45, 2.75) is 18.9 Å². The standard InChI is InChI=1S/C16H17ClN2O4S/c1-16(9-23-2,15(21)22)19-13(20)7-12-8-24-14(18-12)10-3-5-11(17)6-4-10/h3-6,8H,7,9H2,1-2H3,(H,19,20)(H,21,22). The summed E-state index contributed by atoms with van der Waals surface area (Å²) in [6.45, 7) is 1.28. The Bertz CT molecular complexity index is 732. The summed E-state index contributed by atoms with van der Waals surface area (Å²) >= 11 is 7.27. The number of aromatic nitrogens is 1. The molecule has 1 aromatic carbocycles. The molecule has 1 unspecified atom stereocenters. The van der Waals surface area contributed by atoms with E-state index in [2.05, 4.69) is 10.3 Å². The van der Waals surface area contributed by atoms with Crippen LogP contribution >= 0.6 is 22.9 Å². The second-order valence-corrected chi connectivity index (χ2v) is 6.74. The van der Waals surface area contributed by atoms with Gasteiger partial charge in [0.25, 0.3) is 0 Å². The number of hydrogen-bond acceptors (Lipinski definition) is 5. The monoisotopic (exact) mass is 368 g/mol. The first-order valence-corrected chi connectivity index (χ1v) is 8.33. The van der Waals surface area contributed by atoms with Crippen LogP contribution in [0.25, 0.3) is 10.6 Å². The van der Waals surface area contributed by atoms with Crippen molar-refractivity contribution in [2.24, 2.45) is 0 Å². The summed E-state index contributed by atoms with van der Waals surface area (Å²) in [7, 11) is 1.38. The van der Waals surface area contributed by atoms with E-state index in [4.69, 9.17) is 16.3 Å². The van der Waals surface area contributed by atoms with Crippen molar-refractivity contribution in [1.82, 2.24) is 10.3 Å². The summed E-state index contributed by atoms with van der Waals surface area (Å²) in [5, 5.41) is 14.9. The zero-order chi connectivity index (χ0) is 17.7. The fourth-order valence-electron chi connectivity index (χ4n) is 2.07. The number of aliphatic carboxylic acids is 1. The second-order valence-electron chi connectivity index (χ2n) is 5.45. The number of nitrogens with one attached hydrogen (secondary N) is 1. The van der Waals surface area contributed by atoms with E-state index in [1.807, 2.05) is 12.1 Å². The quantitative estimate of drug-likeness (QED) is 0.784. The maximum absolute atomic E-state index is 12.1. The number of carboxylic acid groups (broad SMARTS) is 1. The summed E-state index contributed by atoms with van der Waals surface area (Å²) in [6, 6.07) is 7.25. The number of ether oxygens (including phenoxy) is 1. The van der Waals surface area contributed by atoms with Crippen molar-refractivity contribution < 1.29 is 19.4 Å². The molecule has 2 aromatic rings. The van der Waals surface area contributed by atoms with Gasteiger partial charge >= 0.3 is 5.97 Å². The maximum Gasteiger partial charge on any atom is 0.331 e. The van der Waals surface area contributed by atoms with Gasteiger partial charge in [-0.25, -0.2) is 9.78 Å². The number of halogens is 1. The van der Waals surface area contributed by atoms with Gasteiger partial charge in [0.1, 0.15) is 5.01 Å². The van der Waals surface area contributed by atoms with E-state index in [-0.39, 0.29) is 13.0 Å². The summed E-state index contributed by atoms with van der Waals surface area (Å²) < 4.78 is 4.87. The van der Waals surface area contributed by atoms with Crippen LogP contribution in [0.15, 0.2) is 29.6 Å². The van der Waals surface area contributed by atoms with Crippen LogP contribution in [0.5, 0.6) is 0 Å². The number of methoxy groups -OCH3 is 1. The predicted octanol–water partition coefficient (Wildman–Crippen LogP) is 2.61. The van der Waals surface area contributed by atoms with Crippen molar-refractivity contribution in [3.05, 3.63) is 40.4 Å². The lowest BCUT2D eigenvalue weighted by Gasteiger charge is -2.25. The first-order valence-electron chi connectivity index (χ1n) is 7.08. The van der Waals surface area contributed by atoms with Crippen LogP contribution in [0.2, 0.25) is 5.02 Å². The molecule has 1 amide bonds. The fourth-order valence-corrected chi connectivity index (χ4v) is 3.02. The minimum atomic E-state index is -1.47. The van der Waals surface area contributed by atoms with Crippen molar-refractivity contribution >= 4 is 34.8 Å². The first kappa shape index (κ1) is 18.4. The molecule has 1 heterocycles. The number of amides is 1. The molecule has 1 atom stereocenters. The van der Waals surface area contributed by atoms with E-state index >= 15 is 0 Å². The molecule has 1 aromatic heterocycles. The topological polar surface area (TPSA) is 88.5 Å². The highest BCUT2D eigenvalue weighted by molar-refractivity contribution is 7.13. The van der Waals surface area contributed by atoms with Crippen LogP contribution in [0.1, 0.15) is 12.6 Å². The SMILES string of the molecule is COCC(C)(NC(=O)Cc1csc(-c2ccc(Cl)cc2)n1)C(=O)O. The molecule has 6 nitrogen and oxygen atoms in total. The van der Waals surface area contributed by atoms with Gasteiger partial charge < -0.3 is 15.2 Å². The molecule has 0 aliphatic heterocycles. The Hall–Kier alpha value is -1.96. The minimum Gasteiger partial charge on any atom is -0.479 e. The smallest absolute Gasteiger partial charge is 0.331 e. The van der Waals surface area contributed by atoms with Gasteiger partial charge in [-0.2, -0.15) is 0 Å². The third-order valence-corrected chi connectivity index (χ3v) is 4.50. The van der Waals surface area contributed by atoms with Crippen LogP contribution in [0.3, 0.4) is 0 Å². The zero-order valence-electron chi connectivity index (χ0n) is 13.2. The lowest BCUT2D eigenvalue weighted by atomic mass is 10.0. The molecule has 0 aliphatic rings. The summed E-state index contributed by atoms with van der Waals surface area (Å²) in [5.74, 6) is -1.58. The molecule has 0 saturated carbocycles. The van der Waals surface area contributed by atoms with Crippen LogP contribution < -0.4 is 5.32 Å². The molecule has 2 N–H and O–H groups in total. The van der Waals surface area contributed by atoms with E-state index in [0.29, 0.717) is 10.7 Å². The maximum atomic E-state index is 12.1. The van der Waals surface area contributed by atoms with Crippen molar-refractivity contribution in [1.29, 1.82) is 0 Å². The Morgan fingerprint density at radius 2 is 2.04 bits per heavy atom. The Morgan fingerprint density at radius 1 is 1.38 bits per heavy atom. The van der Waals surface area contributed by atoms with Gasteiger partial charge in [-0.1, -0.05) is 23.7 Å². The largest absolute Gasteiger partial charge is 0.479 e. The van der Waals surface area contributed by atoms with Crippen LogP contribution in [-0.2, 0) is 20.7 Å². The minimum absolute atomic E-state index is 0.00330. The molecule has 0 aliphatic carbocycles. The fraction of sp³-hybridized carbons (Fsp3) is 0.312. The Morgan fingerprint density at radius 3 is 2.62 bits per heavy atom. The molecular weight excluding hydrogens is 352 g/mol. The highest BCUT2D eigenvalue weighted by Gasteiger charge is 2.35. The van der Waals surface area contributed by atoms with Gasteiger partial charge in [0.15, 0.2) is 5.54 Å². The molecule has 0 saturated heterocycles. The number of benzene rings is 1. The second kappa shape index (κ2) is 7.74. The summed E-state index contributed by atoms with van der Waals surface area (Å²) in [4.78, 5) is 27.8. The number of carboxylic acids is 1. The normalized spacial score (nSPS) is 13.3. The van der Waals surface area contributed by atoms with Crippen LogP contribution in [0, 0.1) is 0 Å². The number of carbonyl (C=O) groups excluding carboxylic acids is 1. The van der Waals surface area contributed by atoms with E-state index < -0.39 is 17.4 Å². The highest BCUT2D eigenvalue weighted by Crippen LogP contribution is 2.25. The molecule has 0 spiro atoms. The molecule has 0 fully saturated rings. The van der Waals surface area contributed by atoms with E-state index in [1.165, 1.54) is 25.4 Å². The van der Waals surface area contributed by atoms with Gasteiger partial charge in [0, 0.05) is 23.1 Å². The van der Waals surface area contributed by atoms with E-state index in [9.17, 15) is 14.7 Å². The molecule has 0 radical (unpaired) electrons. The van der Waals surface area contributed by atoms with Gasteiger partial charge in [-0.05, 0) is 19.1 Å². The number of thiazole rings is 1. The Labute approximate surface area is 148 Å². The van der Waals surface area contributed by atoms with E-state index in [1.54, 1.807) is 17.5 Å². The average Bonchev–Trinajstić information content (AvgIpc) is 2.96. The number of rotatable bonds is 7. The van der Waals surface area contributed by atoms with Crippen molar-refractivity contribution in [2.75, 3.05) is 13.7 Å². The van der Waals surface area contributed by atoms with Crippen molar-refractivity contribution in [3.8, 4) is 10.6 Å². The zero-order valence-corrected chi connectivity index (χ0v) is 14.8. The third kappa shape index (κ3) is 4.53. The van der Waals surface area contributed by atoms with Crippen LogP contribution in [-0.4, -0.2) is 41.2 Å². The van der Waals surface area contributed by atoms with Gasteiger partial charge in [-0.3, -0.25) is 4.79 Å². The number of carbonyl (C=O) groups is 2. The lowest BCUT2D eigenvalue weighted by molar-refractivity contribution is -0.149. The number of hydrogen-bond donors (Lipinski definition) is 2. The van der Waals surface area contributed by atoms with Gasteiger partial charge in [0.2, 0.25) is 5.91 Å². The van der Waals surface area contributed by atoms with Gasteiger partial charge in [0.05, 0.1) is 18.7 Å². The Kier molecular flexibility index (Phi) is 5.93. The Balaban J connectivity index is 2.05. The molecule has 0 bridgehead atoms. The molecule has 8 heteroatoms. The summed E-state index contributed by atoms with van der Waals surface area (Å²) in [6.07, 6.45) is -0.00330. The first-order chi connectivity index (χ1) is 11.3.